The van der Waals surface area contributed by atoms with Gasteiger partial charge in [0.05, 0.1) is 5.54 Å². The van der Waals surface area contributed by atoms with E-state index in [1.54, 1.807) is 18.7 Å². The van der Waals surface area contributed by atoms with Crippen LogP contribution in [0.25, 0.3) is 0 Å². The Kier molecular flexibility index (Phi) is 2.98. The molecule has 5 heteroatoms. The Morgan fingerprint density at radius 3 is 2.36 bits per heavy atom. The molecule has 0 aromatic heterocycles. The molecule has 0 unspecified atom stereocenters. The van der Waals surface area contributed by atoms with Gasteiger partial charge in [-0.15, -0.1) is 0 Å². The molecule has 0 atom stereocenters. The third-order valence-electron chi connectivity index (χ3n) is 2.49. The summed E-state index contributed by atoms with van der Waals surface area (Å²) in [5, 5.41) is 10.0. The van der Waals surface area contributed by atoms with E-state index in [2.05, 4.69) is 5.32 Å². The molecule has 0 spiro atoms. The van der Waals surface area contributed by atoms with Gasteiger partial charge in [-0.1, -0.05) is 0 Å². The van der Waals surface area contributed by atoms with Crippen molar-refractivity contribution in [3.63, 3.8) is 0 Å². The van der Waals surface area contributed by atoms with Gasteiger partial charge in [-0.05, 0) is 26.7 Å². The molecule has 4 N–H and O–H groups in total. The van der Waals surface area contributed by atoms with Crippen LogP contribution in [0.3, 0.4) is 0 Å². The van der Waals surface area contributed by atoms with Crippen LogP contribution in [-0.2, 0) is 0 Å². The zero-order valence-electron chi connectivity index (χ0n) is 8.76. The molecule has 1 aliphatic rings. The van der Waals surface area contributed by atoms with E-state index in [1.807, 2.05) is 0 Å². The second-order valence-electron chi connectivity index (χ2n) is 4.16. The number of nitrogens with two attached hydrogens (primary N) is 1. The molecule has 1 rings (SSSR count). The van der Waals surface area contributed by atoms with E-state index < -0.39 is 5.54 Å². The van der Waals surface area contributed by atoms with Crippen molar-refractivity contribution < 1.29 is 4.79 Å². The van der Waals surface area contributed by atoms with E-state index in [1.165, 1.54) is 0 Å². The third kappa shape index (κ3) is 2.37. The van der Waals surface area contributed by atoms with Crippen molar-refractivity contribution in [3.8, 4) is 0 Å². The summed E-state index contributed by atoms with van der Waals surface area (Å²) in [4.78, 5) is 13.4. The standard InChI is InChI=1S/C9H18N4O/c1-9(2,7(10)11)12-8(14)13-5-3-4-6-13/h3-6H2,1-2H3,(H3,10,11)(H,12,14). The maximum absolute atomic E-state index is 11.6. The Bertz CT molecular complexity index is 243. The third-order valence-corrected chi connectivity index (χ3v) is 2.49. The summed E-state index contributed by atoms with van der Waals surface area (Å²) in [7, 11) is 0. The summed E-state index contributed by atoms with van der Waals surface area (Å²) < 4.78 is 0. The van der Waals surface area contributed by atoms with Crippen molar-refractivity contribution in [2.75, 3.05) is 13.1 Å². The normalized spacial score (nSPS) is 16.9. The van der Waals surface area contributed by atoms with Crippen molar-refractivity contribution in [2.45, 2.75) is 32.2 Å². The molecule has 1 aliphatic heterocycles. The van der Waals surface area contributed by atoms with Gasteiger partial charge < -0.3 is 16.0 Å². The van der Waals surface area contributed by atoms with Crippen LogP contribution >= 0.6 is 0 Å². The van der Waals surface area contributed by atoms with Gasteiger partial charge in [0, 0.05) is 13.1 Å². The summed E-state index contributed by atoms with van der Waals surface area (Å²) >= 11 is 0. The lowest BCUT2D eigenvalue weighted by Gasteiger charge is -2.27. The van der Waals surface area contributed by atoms with Gasteiger partial charge in [0.2, 0.25) is 0 Å². The molecule has 0 aromatic rings. The first-order valence-electron chi connectivity index (χ1n) is 4.85. The molecule has 0 aromatic carbocycles. The fourth-order valence-corrected chi connectivity index (χ4v) is 1.33. The van der Waals surface area contributed by atoms with E-state index in [4.69, 9.17) is 11.1 Å². The van der Waals surface area contributed by atoms with Crippen LogP contribution < -0.4 is 11.1 Å². The minimum absolute atomic E-state index is 0.0231. The summed E-state index contributed by atoms with van der Waals surface area (Å²) in [6, 6.07) is -0.122. The maximum Gasteiger partial charge on any atom is 0.318 e. The van der Waals surface area contributed by atoms with E-state index in [9.17, 15) is 4.79 Å². The lowest BCUT2D eigenvalue weighted by molar-refractivity contribution is 0.203. The van der Waals surface area contributed by atoms with Crippen LogP contribution in [0.15, 0.2) is 0 Å². The van der Waals surface area contributed by atoms with Crippen LogP contribution in [0.1, 0.15) is 26.7 Å². The average molecular weight is 198 g/mol. The highest BCUT2D eigenvalue weighted by molar-refractivity contribution is 5.90. The van der Waals surface area contributed by atoms with Crippen molar-refractivity contribution in [1.29, 1.82) is 5.41 Å². The number of carbonyl (C=O) groups is 1. The molecule has 1 fully saturated rings. The molecule has 0 radical (unpaired) electrons. The zero-order chi connectivity index (χ0) is 10.8. The predicted octanol–water partition coefficient (Wildman–Crippen LogP) is 0.506. The second kappa shape index (κ2) is 3.86. The Morgan fingerprint density at radius 2 is 1.93 bits per heavy atom. The molecule has 0 bridgehead atoms. The lowest BCUT2D eigenvalue weighted by atomic mass is 10.1. The molecule has 1 saturated heterocycles. The minimum Gasteiger partial charge on any atom is -0.386 e. The highest BCUT2D eigenvalue weighted by Gasteiger charge is 2.27. The van der Waals surface area contributed by atoms with Crippen molar-refractivity contribution in [2.24, 2.45) is 5.73 Å². The first-order valence-corrected chi connectivity index (χ1v) is 4.85. The van der Waals surface area contributed by atoms with E-state index in [-0.39, 0.29) is 11.9 Å². The van der Waals surface area contributed by atoms with Gasteiger partial charge in [-0.2, -0.15) is 0 Å². The summed E-state index contributed by atoms with van der Waals surface area (Å²) in [5.74, 6) is -0.0231. The number of carbonyl (C=O) groups excluding carboxylic acids is 1. The Morgan fingerprint density at radius 1 is 1.43 bits per heavy atom. The maximum atomic E-state index is 11.6. The minimum atomic E-state index is -0.750. The molecule has 80 valence electrons. The van der Waals surface area contributed by atoms with Crippen molar-refractivity contribution in [3.05, 3.63) is 0 Å². The van der Waals surface area contributed by atoms with E-state index in [0.29, 0.717) is 0 Å². The average Bonchev–Trinajstić information content (AvgIpc) is 2.54. The van der Waals surface area contributed by atoms with Gasteiger partial charge in [0.25, 0.3) is 0 Å². The molecule has 5 nitrogen and oxygen atoms in total. The van der Waals surface area contributed by atoms with Crippen LogP contribution in [0.2, 0.25) is 0 Å². The van der Waals surface area contributed by atoms with Gasteiger partial charge in [0.1, 0.15) is 5.84 Å². The summed E-state index contributed by atoms with van der Waals surface area (Å²) in [6.45, 7) is 5.06. The van der Waals surface area contributed by atoms with Gasteiger partial charge >= 0.3 is 6.03 Å². The van der Waals surface area contributed by atoms with E-state index in [0.717, 1.165) is 25.9 Å². The van der Waals surface area contributed by atoms with Crippen molar-refractivity contribution in [1.82, 2.24) is 10.2 Å². The highest BCUT2D eigenvalue weighted by atomic mass is 16.2. The smallest absolute Gasteiger partial charge is 0.318 e. The van der Waals surface area contributed by atoms with Gasteiger partial charge in [-0.3, -0.25) is 5.41 Å². The predicted molar refractivity (Wildman–Crippen MR) is 55.3 cm³/mol. The number of amidine groups is 1. The SMILES string of the molecule is CC(C)(NC(=O)N1CCCC1)C(=N)N. The molecular weight excluding hydrogens is 180 g/mol. The Balaban J connectivity index is 2.51. The number of nitrogens with one attached hydrogen (secondary N) is 2. The van der Waals surface area contributed by atoms with E-state index >= 15 is 0 Å². The Hall–Kier alpha value is -1.26. The van der Waals surface area contributed by atoms with Crippen molar-refractivity contribution >= 4 is 11.9 Å². The number of hydrogen-bond donors (Lipinski definition) is 3. The number of nitrogens with zero attached hydrogens (tertiary/aromatic N) is 1. The first-order chi connectivity index (χ1) is 6.43. The molecule has 2 amide bonds. The first kappa shape index (κ1) is 10.8. The molecule has 0 saturated carbocycles. The number of amides is 2. The van der Waals surface area contributed by atoms with Crippen LogP contribution in [0.5, 0.6) is 0 Å². The zero-order valence-corrected chi connectivity index (χ0v) is 8.76. The fraction of sp³-hybridized carbons (Fsp3) is 0.778. The van der Waals surface area contributed by atoms with Crippen LogP contribution in [0.4, 0.5) is 4.79 Å². The number of likely N-dealkylation sites (tertiary alicyclic amines) is 1. The molecule has 14 heavy (non-hydrogen) atoms. The largest absolute Gasteiger partial charge is 0.386 e. The fourth-order valence-electron chi connectivity index (χ4n) is 1.33. The Labute approximate surface area is 84.1 Å². The molecule has 1 heterocycles. The summed E-state index contributed by atoms with van der Waals surface area (Å²) in [6.07, 6.45) is 2.13. The lowest BCUT2D eigenvalue weighted by Crippen LogP contribution is -2.55. The summed E-state index contributed by atoms with van der Waals surface area (Å²) in [5.41, 5.74) is 4.62. The second-order valence-corrected chi connectivity index (χ2v) is 4.16. The highest BCUT2D eigenvalue weighted by Crippen LogP contribution is 2.09. The number of hydrogen-bond acceptors (Lipinski definition) is 2. The van der Waals surface area contributed by atoms with Crippen LogP contribution in [-0.4, -0.2) is 35.4 Å². The molecule has 0 aliphatic carbocycles. The topological polar surface area (TPSA) is 82.2 Å². The number of urea groups is 1. The number of rotatable bonds is 2. The monoisotopic (exact) mass is 198 g/mol. The van der Waals surface area contributed by atoms with Gasteiger partial charge in [0.15, 0.2) is 0 Å². The van der Waals surface area contributed by atoms with Crippen LogP contribution in [0, 0.1) is 5.41 Å². The quantitative estimate of drug-likeness (QED) is 0.446. The molecular formula is C9H18N4O. The van der Waals surface area contributed by atoms with Gasteiger partial charge in [-0.25, -0.2) is 4.79 Å².